The fourth-order valence-corrected chi connectivity index (χ4v) is 6.45. The number of benzene rings is 2. The minimum absolute atomic E-state index is 0.195. The number of aryl methyl sites for hydroxylation is 1. The smallest absolute Gasteiger partial charge is 0.182 e. The monoisotopic (exact) mass is 389 g/mol. The van der Waals surface area contributed by atoms with Crippen LogP contribution < -0.4 is 5.73 Å². The zero-order valence-corrected chi connectivity index (χ0v) is 16.5. The summed E-state index contributed by atoms with van der Waals surface area (Å²) in [7, 11) is -3.61. The van der Waals surface area contributed by atoms with Gasteiger partial charge in [-0.3, -0.25) is 0 Å². The molecule has 1 aliphatic carbocycles. The minimum atomic E-state index is -3.61. The predicted octanol–water partition coefficient (Wildman–Crippen LogP) is 3.24. The molecule has 6 heteroatoms. The molecule has 0 heterocycles. The Kier molecular flexibility index (Phi) is 5.19. The number of rotatable bonds is 7. The maximum absolute atomic E-state index is 13.4. The first-order valence-corrected chi connectivity index (χ1v) is 10.5. The Morgan fingerprint density at radius 1 is 1.15 bits per heavy atom. The number of sulfone groups is 1. The van der Waals surface area contributed by atoms with Crippen LogP contribution in [0.15, 0.2) is 59.5 Å². The molecule has 0 aromatic heterocycles. The molecule has 2 aromatic rings. The van der Waals surface area contributed by atoms with Gasteiger partial charge in [-0.2, -0.15) is 0 Å². The largest absolute Gasteiger partial charge is 0.393 e. The van der Waals surface area contributed by atoms with Gasteiger partial charge in [0.25, 0.3) is 0 Å². The van der Waals surface area contributed by atoms with Gasteiger partial charge in [-0.25, -0.2) is 8.42 Å². The summed E-state index contributed by atoms with van der Waals surface area (Å²) in [5.41, 5.74) is 7.12. The first-order chi connectivity index (χ1) is 12.4. The first-order valence-electron chi connectivity index (χ1n) is 8.59. The quantitative estimate of drug-likeness (QED) is 0.736. The summed E-state index contributed by atoms with van der Waals surface area (Å²) in [6.45, 7) is 4.47. The SMILES string of the molecule is CCOC[C@@]1(C(N)=S)[C@H](S(=O)(=O)c2ccc(C)cc2)[C@@H]1c1ccccc1. The van der Waals surface area contributed by atoms with Crippen LogP contribution in [-0.2, 0) is 14.6 Å². The van der Waals surface area contributed by atoms with Crippen molar-refractivity contribution in [2.24, 2.45) is 11.1 Å². The zero-order valence-electron chi connectivity index (χ0n) is 14.9. The van der Waals surface area contributed by atoms with Gasteiger partial charge in [0.15, 0.2) is 9.84 Å². The third-order valence-electron chi connectivity index (χ3n) is 5.10. The third kappa shape index (κ3) is 3.06. The van der Waals surface area contributed by atoms with Crippen molar-refractivity contribution in [3.8, 4) is 0 Å². The Bertz CT molecular complexity index is 894. The Morgan fingerprint density at radius 2 is 1.77 bits per heavy atom. The number of nitrogens with two attached hydrogens (primary N) is 1. The fourth-order valence-electron chi connectivity index (χ4n) is 3.68. The van der Waals surface area contributed by atoms with Crippen LogP contribution in [0.25, 0.3) is 0 Å². The minimum Gasteiger partial charge on any atom is -0.393 e. The molecule has 0 aliphatic heterocycles. The van der Waals surface area contributed by atoms with Crippen molar-refractivity contribution in [3.63, 3.8) is 0 Å². The Balaban J connectivity index is 2.09. The van der Waals surface area contributed by atoms with Gasteiger partial charge < -0.3 is 10.5 Å². The second-order valence-corrected chi connectivity index (χ2v) is 9.22. The maximum atomic E-state index is 13.4. The van der Waals surface area contributed by atoms with Gasteiger partial charge in [0.2, 0.25) is 0 Å². The van der Waals surface area contributed by atoms with Gasteiger partial charge in [-0.05, 0) is 31.5 Å². The number of thiocarbonyl (C=S) groups is 1. The number of hydrogen-bond donors (Lipinski definition) is 1. The van der Waals surface area contributed by atoms with E-state index >= 15 is 0 Å². The summed E-state index contributed by atoms with van der Waals surface area (Å²) in [4.78, 5) is 0.490. The van der Waals surface area contributed by atoms with Gasteiger partial charge in [0, 0.05) is 12.5 Å². The molecule has 1 fully saturated rings. The van der Waals surface area contributed by atoms with Gasteiger partial charge >= 0.3 is 0 Å². The predicted molar refractivity (Wildman–Crippen MR) is 107 cm³/mol. The van der Waals surface area contributed by atoms with Crippen LogP contribution in [0.2, 0.25) is 0 Å². The highest BCUT2D eigenvalue weighted by atomic mass is 32.2. The van der Waals surface area contributed by atoms with Gasteiger partial charge in [-0.1, -0.05) is 60.2 Å². The summed E-state index contributed by atoms with van der Waals surface area (Å²) < 4.78 is 32.4. The van der Waals surface area contributed by atoms with Crippen LogP contribution in [0.5, 0.6) is 0 Å². The van der Waals surface area contributed by atoms with E-state index in [0.717, 1.165) is 11.1 Å². The Labute approximate surface area is 160 Å². The molecule has 0 amide bonds. The van der Waals surface area contributed by atoms with Crippen molar-refractivity contribution < 1.29 is 13.2 Å². The topological polar surface area (TPSA) is 69.4 Å². The Hall–Kier alpha value is -1.76. The van der Waals surface area contributed by atoms with Crippen LogP contribution in [0.4, 0.5) is 0 Å². The Morgan fingerprint density at radius 3 is 2.31 bits per heavy atom. The normalized spacial score (nSPS) is 25.0. The molecular formula is C20H23NO3S2. The molecule has 0 unspecified atom stereocenters. The van der Waals surface area contributed by atoms with Crippen LogP contribution in [0.3, 0.4) is 0 Å². The summed E-state index contributed by atoms with van der Waals surface area (Å²) in [6, 6.07) is 16.5. The van der Waals surface area contributed by atoms with Crippen LogP contribution >= 0.6 is 12.2 Å². The number of hydrogen-bond acceptors (Lipinski definition) is 4. The molecular weight excluding hydrogens is 366 g/mol. The lowest BCUT2D eigenvalue weighted by Gasteiger charge is -2.17. The van der Waals surface area contributed by atoms with Crippen LogP contribution in [0, 0.1) is 12.3 Å². The maximum Gasteiger partial charge on any atom is 0.182 e. The van der Waals surface area contributed by atoms with Crippen molar-refractivity contribution in [2.75, 3.05) is 13.2 Å². The summed E-state index contributed by atoms with van der Waals surface area (Å²) >= 11 is 5.33. The van der Waals surface area contributed by atoms with E-state index < -0.39 is 20.5 Å². The molecule has 26 heavy (non-hydrogen) atoms. The highest BCUT2D eigenvalue weighted by molar-refractivity contribution is 7.92. The second-order valence-electron chi connectivity index (χ2n) is 6.71. The number of ether oxygens (including phenoxy) is 1. The van der Waals surface area contributed by atoms with Crippen molar-refractivity contribution in [1.29, 1.82) is 0 Å². The highest BCUT2D eigenvalue weighted by Crippen LogP contribution is 2.64. The van der Waals surface area contributed by atoms with Crippen LogP contribution in [-0.4, -0.2) is 31.9 Å². The third-order valence-corrected chi connectivity index (χ3v) is 7.77. The summed E-state index contributed by atoms with van der Waals surface area (Å²) in [6.07, 6.45) is 0. The van der Waals surface area contributed by atoms with Crippen molar-refractivity contribution in [3.05, 3.63) is 65.7 Å². The molecule has 0 saturated heterocycles. The lowest BCUT2D eigenvalue weighted by molar-refractivity contribution is 0.121. The molecule has 0 spiro atoms. The summed E-state index contributed by atoms with van der Waals surface area (Å²) in [5, 5.41) is -0.718. The summed E-state index contributed by atoms with van der Waals surface area (Å²) in [5.74, 6) is -0.306. The molecule has 3 atom stereocenters. The molecule has 1 aliphatic rings. The zero-order chi connectivity index (χ0) is 18.9. The first kappa shape index (κ1) is 19.0. The van der Waals surface area contributed by atoms with E-state index in [9.17, 15) is 8.42 Å². The molecule has 4 nitrogen and oxygen atoms in total. The molecule has 1 saturated carbocycles. The van der Waals surface area contributed by atoms with Gasteiger partial charge in [0.05, 0.1) is 27.2 Å². The molecule has 2 aromatic carbocycles. The molecule has 0 bridgehead atoms. The van der Waals surface area contributed by atoms with E-state index in [1.54, 1.807) is 24.3 Å². The lowest BCUT2D eigenvalue weighted by Crippen LogP contribution is -2.33. The average molecular weight is 390 g/mol. The molecule has 3 rings (SSSR count). The van der Waals surface area contributed by atoms with Crippen molar-refractivity contribution in [2.45, 2.75) is 29.9 Å². The van der Waals surface area contributed by atoms with E-state index in [1.807, 2.05) is 44.2 Å². The van der Waals surface area contributed by atoms with E-state index in [2.05, 4.69) is 0 Å². The highest BCUT2D eigenvalue weighted by Gasteiger charge is 2.73. The van der Waals surface area contributed by atoms with Crippen LogP contribution in [0.1, 0.15) is 24.0 Å². The van der Waals surface area contributed by atoms with E-state index in [-0.39, 0.29) is 17.5 Å². The second kappa shape index (κ2) is 7.10. The van der Waals surface area contributed by atoms with Crippen molar-refractivity contribution >= 4 is 27.0 Å². The van der Waals surface area contributed by atoms with Gasteiger partial charge in [-0.15, -0.1) is 0 Å². The van der Waals surface area contributed by atoms with Gasteiger partial charge in [0.1, 0.15) is 0 Å². The molecule has 2 N–H and O–H groups in total. The van der Waals surface area contributed by atoms with E-state index in [1.165, 1.54) is 0 Å². The van der Waals surface area contributed by atoms with Crippen molar-refractivity contribution in [1.82, 2.24) is 0 Å². The standard InChI is InChI=1S/C20H23NO3S2/c1-3-24-13-20(19(21)25)17(15-7-5-4-6-8-15)18(20)26(22,23)16-11-9-14(2)10-12-16/h4-12,17-18H,3,13H2,1-2H3,(H2,21,25)/t17-,18+,20-/m0/s1. The van der Waals surface area contributed by atoms with E-state index in [4.69, 9.17) is 22.7 Å². The molecule has 138 valence electrons. The van der Waals surface area contributed by atoms with E-state index in [0.29, 0.717) is 11.5 Å². The molecule has 0 radical (unpaired) electrons. The lowest BCUT2D eigenvalue weighted by atomic mass is 10.00. The average Bonchev–Trinajstić information content (AvgIpc) is 3.32. The fraction of sp³-hybridized carbons (Fsp3) is 0.350.